The highest BCUT2D eigenvalue weighted by molar-refractivity contribution is 5.97. The Morgan fingerprint density at radius 2 is 2.15 bits per heavy atom. The monoisotopic (exact) mass is 280 g/mol. The molecule has 0 radical (unpaired) electrons. The molecule has 0 unspecified atom stereocenters. The molecule has 2 rings (SSSR count). The summed E-state index contributed by atoms with van der Waals surface area (Å²) in [5.74, 6) is -1.05. The Morgan fingerprint density at radius 3 is 2.70 bits per heavy atom. The van der Waals surface area contributed by atoms with Crippen molar-refractivity contribution in [3.8, 4) is 5.75 Å². The number of nitrogens with two attached hydrogens (primary N) is 1. The van der Waals surface area contributed by atoms with Gasteiger partial charge in [-0.15, -0.1) is 0 Å². The minimum absolute atomic E-state index is 0.307. The lowest BCUT2D eigenvalue weighted by Gasteiger charge is -2.39. The quantitative estimate of drug-likeness (QED) is 0.794. The van der Waals surface area contributed by atoms with E-state index in [4.69, 9.17) is 5.73 Å². The summed E-state index contributed by atoms with van der Waals surface area (Å²) in [6, 6.07) is 3.82. The minimum atomic E-state index is -0.723. The lowest BCUT2D eigenvalue weighted by Crippen LogP contribution is -2.55. The number of halogens is 1. The summed E-state index contributed by atoms with van der Waals surface area (Å²) in [5, 5.41) is 12.5. The molecule has 0 spiro atoms. The van der Waals surface area contributed by atoms with Crippen molar-refractivity contribution in [2.24, 2.45) is 11.7 Å². The van der Waals surface area contributed by atoms with Crippen molar-refractivity contribution in [1.29, 1.82) is 0 Å². The van der Waals surface area contributed by atoms with E-state index in [0.717, 1.165) is 31.7 Å². The third kappa shape index (κ3) is 2.93. The molecule has 20 heavy (non-hydrogen) atoms. The van der Waals surface area contributed by atoms with E-state index in [1.165, 1.54) is 12.1 Å². The molecule has 1 aromatic carbocycles. The van der Waals surface area contributed by atoms with Gasteiger partial charge in [0.25, 0.3) is 5.91 Å². The van der Waals surface area contributed by atoms with E-state index < -0.39 is 17.3 Å². The highest BCUT2D eigenvalue weighted by Gasteiger charge is 2.35. The summed E-state index contributed by atoms with van der Waals surface area (Å²) >= 11 is 0. The second-order valence-electron chi connectivity index (χ2n) is 5.76. The second kappa shape index (κ2) is 5.79. The predicted octanol–water partition coefficient (Wildman–Crippen LogP) is 2.17. The first kappa shape index (κ1) is 14.8. The molecule has 0 aromatic heterocycles. The van der Waals surface area contributed by atoms with Crippen LogP contribution in [0.15, 0.2) is 18.2 Å². The number of benzene rings is 1. The van der Waals surface area contributed by atoms with Crippen LogP contribution in [0.2, 0.25) is 0 Å². The number of aromatic hydroxyl groups is 1. The van der Waals surface area contributed by atoms with E-state index in [-0.39, 0.29) is 11.3 Å². The molecule has 1 fully saturated rings. The van der Waals surface area contributed by atoms with Crippen LogP contribution in [-0.2, 0) is 0 Å². The summed E-state index contributed by atoms with van der Waals surface area (Å²) in [5.41, 5.74) is 5.02. The van der Waals surface area contributed by atoms with Gasteiger partial charge in [0.2, 0.25) is 0 Å². The fourth-order valence-electron chi connectivity index (χ4n) is 2.74. The minimum Gasteiger partial charge on any atom is -0.507 e. The Bertz CT molecular complexity index is 476. The normalized spacial score (nSPS) is 26.2. The summed E-state index contributed by atoms with van der Waals surface area (Å²) in [6.07, 6.45) is 3.54. The number of amides is 1. The molecule has 110 valence electrons. The van der Waals surface area contributed by atoms with Crippen LogP contribution in [0.25, 0.3) is 0 Å². The van der Waals surface area contributed by atoms with Gasteiger partial charge in [0.05, 0.1) is 5.54 Å². The Balaban J connectivity index is 2.18. The molecule has 1 saturated carbocycles. The fraction of sp³-hybridized carbons (Fsp3) is 0.533. The Morgan fingerprint density at radius 1 is 1.50 bits per heavy atom. The molecule has 5 heteroatoms. The van der Waals surface area contributed by atoms with Crippen molar-refractivity contribution in [1.82, 2.24) is 5.32 Å². The second-order valence-corrected chi connectivity index (χ2v) is 5.76. The van der Waals surface area contributed by atoms with Crippen LogP contribution in [0, 0.1) is 11.7 Å². The van der Waals surface area contributed by atoms with Crippen molar-refractivity contribution >= 4 is 5.91 Å². The molecular formula is C15H21FN2O2. The van der Waals surface area contributed by atoms with Crippen molar-refractivity contribution in [3.63, 3.8) is 0 Å². The zero-order chi connectivity index (χ0) is 14.8. The van der Waals surface area contributed by atoms with Crippen molar-refractivity contribution in [2.45, 2.75) is 38.1 Å². The average Bonchev–Trinajstić information content (AvgIpc) is 2.41. The van der Waals surface area contributed by atoms with Crippen LogP contribution in [-0.4, -0.2) is 23.1 Å². The third-order valence-corrected chi connectivity index (χ3v) is 4.22. The number of carbonyl (C=O) groups is 1. The molecule has 0 bridgehead atoms. The van der Waals surface area contributed by atoms with E-state index in [2.05, 4.69) is 12.2 Å². The zero-order valence-corrected chi connectivity index (χ0v) is 11.7. The zero-order valence-electron chi connectivity index (χ0n) is 11.7. The van der Waals surface area contributed by atoms with Gasteiger partial charge in [0.1, 0.15) is 17.1 Å². The number of carbonyl (C=O) groups excluding carboxylic acids is 1. The summed E-state index contributed by atoms with van der Waals surface area (Å²) in [7, 11) is 0. The first-order chi connectivity index (χ1) is 9.47. The smallest absolute Gasteiger partial charge is 0.258 e. The SMILES string of the molecule is CC1CCC(CN)(NC(=O)c2c(O)cccc2F)CC1. The van der Waals surface area contributed by atoms with Gasteiger partial charge in [-0.25, -0.2) is 4.39 Å². The Hall–Kier alpha value is -1.62. The van der Waals surface area contributed by atoms with Gasteiger partial charge < -0.3 is 16.2 Å². The Kier molecular flexibility index (Phi) is 4.28. The maximum atomic E-state index is 13.7. The van der Waals surface area contributed by atoms with Gasteiger partial charge >= 0.3 is 0 Å². The van der Waals surface area contributed by atoms with E-state index in [1.807, 2.05) is 0 Å². The molecule has 0 atom stereocenters. The molecule has 1 aliphatic carbocycles. The maximum absolute atomic E-state index is 13.7. The van der Waals surface area contributed by atoms with E-state index in [9.17, 15) is 14.3 Å². The van der Waals surface area contributed by atoms with E-state index >= 15 is 0 Å². The Labute approximate surface area is 118 Å². The highest BCUT2D eigenvalue weighted by Crippen LogP contribution is 2.32. The lowest BCUT2D eigenvalue weighted by atomic mass is 9.77. The molecule has 4 N–H and O–H groups in total. The molecule has 1 aromatic rings. The molecule has 1 aliphatic rings. The van der Waals surface area contributed by atoms with Crippen molar-refractivity contribution < 1.29 is 14.3 Å². The number of hydrogen-bond donors (Lipinski definition) is 3. The van der Waals surface area contributed by atoms with Crippen LogP contribution in [0.5, 0.6) is 5.75 Å². The number of nitrogens with one attached hydrogen (secondary N) is 1. The summed E-state index contributed by atoms with van der Waals surface area (Å²) < 4.78 is 13.7. The first-order valence-corrected chi connectivity index (χ1v) is 6.97. The van der Waals surface area contributed by atoms with Crippen LogP contribution in [0.3, 0.4) is 0 Å². The van der Waals surface area contributed by atoms with E-state index in [1.54, 1.807) is 0 Å². The summed E-state index contributed by atoms with van der Waals surface area (Å²) in [6.45, 7) is 2.49. The lowest BCUT2D eigenvalue weighted by molar-refractivity contribution is 0.0853. The maximum Gasteiger partial charge on any atom is 0.258 e. The molecule has 4 nitrogen and oxygen atoms in total. The molecule has 0 aliphatic heterocycles. The van der Waals surface area contributed by atoms with Crippen molar-refractivity contribution in [2.75, 3.05) is 6.54 Å². The average molecular weight is 280 g/mol. The van der Waals surface area contributed by atoms with Gasteiger partial charge in [-0.1, -0.05) is 13.0 Å². The van der Waals surface area contributed by atoms with Crippen molar-refractivity contribution in [3.05, 3.63) is 29.6 Å². The fourth-order valence-corrected chi connectivity index (χ4v) is 2.74. The van der Waals surface area contributed by atoms with Gasteiger partial charge in [-0.05, 0) is 43.7 Å². The largest absolute Gasteiger partial charge is 0.507 e. The summed E-state index contributed by atoms with van der Waals surface area (Å²) in [4.78, 5) is 12.2. The van der Waals surface area contributed by atoms with Gasteiger partial charge in [-0.3, -0.25) is 4.79 Å². The van der Waals surface area contributed by atoms with Crippen LogP contribution in [0.4, 0.5) is 4.39 Å². The number of hydrogen-bond acceptors (Lipinski definition) is 3. The number of phenols is 1. The van der Waals surface area contributed by atoms with Gasteiger partial charge in [0.15, 0.2) is 0 Å². The number of rotatable bonds is 3. The third-order valence-electron chi connectivity index (χ3n) is 4.22. The van der Waals surface area contributed by atoms with Crippen LogP contribution < -0.4 is 11.1 Å². The predicted molar refractivity (Wildman–Crippen MR) is 74.9 cm³/mol. The molecule has 1 amide bonds. The van der Waals surface area contributed by atoms with Gasteiger partial charge in [0, 0.05) is 6.54 Å². The highest BCUT2D eigenvalue weighted by atomic mass is 19.1. The number of phenolic OH excluding ortho intramolecular Hbond substituents is 1. The standard InChI is InChI=1S/C15H21FN2O2/c1-10-5-7-15(9-17,8-6-10)18-14(20)13-11(16)3-2-4-12(13)19/h2-4,10,19H,5-9,17H2,1H3,(H,18,20). The topological polar surface area (TPSA) is 75.3 Å². The van der Waals surface area contributed by atoms with Crippen LogP contribution in [0.1, 0.15) is 43.0 Å². The van der Waals surface area contributed by atoms with E-state index in [0.29, 0.717) is 12.5 Å². The molecule has 0 heterocycles. The van der Waals surface area contributed by atoms with Crippen LogP contribution >= 0.6 is 0 Å². The molecule has 0 saturated heterocycles. The molecular weight excluding hydrogens is 259 g/mol. The first-order valence-electron chi connectivity index (χ1n) is 6.97. The van der Waals surface area contributed by atoms with Gasteiger partial charge in [-0.2, -0.15) is 0 Å².